The van der Waals surface area contributed by atoms with Gasteiger partial charge >= 0.3 is 26.2 Å². The first-order valence-electron chi connectivity index (χ1n) is 0.730. The molecule has 0 spiro atoms. The Morgan fingerprint density at radius 1 is 1.17 bits per heavy atom. The van der Waals surface area contributed by atoms with Crippen LogP contribution in [0.2, 0.25) is 0 Å². The van der Waals surface area contributed by atoms with Crippen LogP contribution in [0.15, 0.2) is 0 Å². The molecule has 0 rings (SSSR count). The molecule has 0 saturated heterocycles. The van der Waals surface area contributed by atoms with E-state index in [4.69, 9.17) is 14.7 Å². The molecule has 0 bridgehead atoms. The minimum atomic E-state index is -4.56. The Balaban J connectivity index is 0. The Morgan fingerprint density at radius 2 is 1.17 bits per heavy atom. The van der Waals surface area contributed by atoms with Gasteiger partial charge in [-0.05, 0) is 0 Å². The van der Waals surface area contributed by atoms with E-state index in [2.05, 4.69) is 11.8 Å². The summed E-state index contributed by atoms with van der Waals surface area (Å²) in [5.41, 5.74) is 0. The molecular weight excluding hydrogens is 320 g/mol. The summed E-state index contributed by atoms with van der Waals surface area (Å²) in [6, 6.07) is 0. The summed E-state index contributed by atoms with van der Waals surface area (Å²) in [4.78, 5) is 26.8. The van der Waals surface area contributed by atoms with Crippen LogP contribution >= 0.6 is 6.72 Å². The largest absolute Gasteiger partial charge is 3.00 e. The Labute approximate surface area is 59.4 Å². The fourth-order valence-corrected chi connectivity index (χ4v) is 0. The second-order valence-electron chi connectivity index (χ2n) is 0.447. The molecule has 0 unspecified atom stereocenters. The van der Waals surface area contributed by atoms with Gasteiger partial charge in [-0.1, -0.05) is 0 Å². The molecule has 0 atom stereocenters. The summed E-state index contributed by atoms with van der Waals surface area (Å²) in [6.45, 7) is -4.56. The van der Waals surface area contributed by atoms with E-state index in [1.807, 2.05) is 0 Å². The second kappa shape index (κ2) is 3.42. The zero-order valence-corrected chi connectivity index (χ0v) is 7.72. The first-order chi connectivity index (χ1) is 2.00. The van der Waals surface area contributed by atoms with Crippen LogP contribution in [0.3, 0.4) is 0 Å². The quantitative estimate of drug-likeness (QED) is 0.350. The van der Waals surface area contributed by atoms with Crippen molar-refractivity contribution in [3.63, 3.8) is 0 Å². The van der Waals surface area contributed by atoms with Gasteiger partial charge in [0.25, 0.3) is 0 Å². The van der Waals surface area contributed by atoms with Crippen molar-refractivity contribution in [3.05, 3.63) is 0 Å². The monoisotopic (exact) mass is 320 g/mol. The molecule has 34 valence electrons. The first kappa shape index (κ1) is 10.4. The summed E-state index contributed by atoms with van der Waals surface area (Å²) in [7, 11) is 0. The average molecular weight is 320 g/mol. The SMILES string of the molecule is [Bi+3].[O-]P([O-])([O-])=S. The zero-order valence-electron chi connectivity index (χ0n) is 2.53. The maximum atomic E-state index is 8.92. The van der Waals surface area contributed by atoms with Crippen LogP contribution in [-0.2, 0) is 11.8 Å². The maximum Gasteiger partial charge on any atom is 3.00 e. The van der Waals surface area contributed by atoms with Crippen LogP contribution in [0.25, 0.3) is 0 Å². The van der Waals surface area contributed by atoms with Crippen molar-refractivity contribution in [3.8, 4) is 0 Å². The molecule has 3 nitrogen and oxygen atoms in total. The summed E-state index contributed by atoms with van der Waals surface area (Å²) < 4.78 is 0. The van der Waals surface area contributed by atoms with Gasteiger partial charge in [-0.2, -0.15) is 11.8 Å². The van der Waals surface area contributed by atoms with Gasteiger partial charge in [0.2, 0.25) is 0 Å². The fraction of sp³-hybridized carbons (Fsp3) is 0. The second-order valence-corrected chi connectivity index (χ2v) is 2.68. The van der Waals surface area contributed by atoms with Crippen molar-refractivity contribution in [2.45, 2.75) is 0 Å². The number of rotatable bonds is 0. The van der Waals surface area contributed by atoms with Gasteiger partial charge in [0.15, 0.2) is 0 Å². The summed E-state index contributed by atoms with van der Waals surface area (Å²) in [5.74, 6) is 0. The van der Waals surface area contributed by atoms with Crippen LogP contribution in [0.4, 0.5) is 0 Å². The van der Waals surface area contributed by atoms with E-state index in [0.717, 1.165) is 0 Å². The zero-order chi connectivity index (χ0) is 4.50. The van der Waals surface area contributed by atoms with E-state index in [-0.39, 0.29) is 26.2 Å². The van der Waals surface area contributed by atoms with Crippen LogP contribution in [0.1, 0.15) is 0 Å². The first-order valence-corrected chi connectivity index (χ1v) is 3.29. The maximum absolute atomic E-state index is 8.92. The standard InChI is InChI=1S/Bi.H3O3PS/c;1-4(2,3)5/h;(H3,1,2,3,5)/q+3;/p-3. The molecule has 0 aromatic heterocycles. The molecule has 2 radical (unpaired) electrons. The van der Waals surface area contributed by atoms with Gasteiger partial charge in [-0.3, -0.25) is 0 Å². The minimum Gasteiger partial charge on any atom is -0.844 e. The average Bonchev–Trinajstić information content (AvgIpc) is 0.722. The molecule has 0 N–H and O–H groups in total. The Morgan fingerprint density at radius 3 is 1.17 bits per heavy atom. The van der Waals surface area contributed by atoms with Crippen molar-refractivity contribution in [1.29, 1.82) is 0 Å². The van der Waals surface area contributed by atoms with Crippen molar-refractivity contribution in [2.75, 3.05) is 0 Å². The van der Waals surface area contributed by atoms with Gasteiger partial charge in [-0.25, -0.2) is 0 Å². The van der Waals surface area contributed by atoms with E-state index < -0.39 is 6.72 Å². The van der Waals surface area contributed by atoms with E-state index >= 15 is 0 Å². The van der Waals surface area contributed by atoms with E-state index in [1.54, 1.807) is 0 Å². The van der Waals surface area contributed by atoms with E-state index in [0.29, 0.717) is 0 Å². The molecule has 6 heavy (non-hydrogen) atoms. The third kappa shape index (κ3) is 52.8. The van der Waals surface area contributed by atoms with Crippen LogP contribution in [-0.4, -0.2) is 26.2 Å². The molecule has 0 heterocycles. The van der Waals surface area contributed by atoms with Gasteiger partial charge in [0.1, 0.15) is 0 Å². The minimum absolute atomic E-state index is 0. The summed E-state index contributed by atoms with van der Waals surface area (Å²) in [6.07, 6.45) is 0. The molecule has 0 aromatic rings. The van der Waals surface area contributed by atoms with Gasteiger partial charge in [0, 0.05) is 0 Å². The molecule has 0 aromatic carbocycles. The van der Waals surface area contributed by atoms with Gasteiger partial charge in [0.05, 0.1) is 0 Å². The molecule has 6 heteroatoms. The van der Waals surface area contributed by atoms with Crippen molar-refractivity contribution < 1.29 is 14.7 Å². The normalized spacial score (nSPS) is 9.83. The predicted molar refractivity (Wildman–Crippen MR) is 20.0 cm³/mol. The van der Waals surface area contributed by atoms with Crippen LogP contribution in [0, 0.1) is 0 Å². The number of hydrogen-bond donors (Lipinski definition) is 0. The smallest absolute Gasteiger partial charge is 0.844 e. The molecule has 0 aliphatic rings. The molecular formula is BiO3PS. The van der Waals surface area contributed by atoms with Crippen LogP contribution in [0.5, 0.6) is 0 Å². The Hall–Kier alpha value is 1.41. The van der Waals surface area contributed by atoms with Crippen LogP contribution < -0.4 is 14.7 Å². The Bertz CT molecular complexity index is 56.9. The van der Waals surface area contributed by atoms with Crippen molar-refractivity contribution in [1.82, 2.24) is 0 Å². The number of hydrogen-bond acceptors (Lipinski definition) is 4. The van der Waals surface area contributed by atoms with Crippen molar-refractivity contribution >= 4 is 44.7 Å². The molecule has 0 amide bonds. The summed E-state index contributed by atoms with van der Waals surface area (Å²) >= 11 is 3.27. The van der Waals surface area contributed by atoms with Gasteiger partial charge in [-0.15, -0.1) is 0 Å². The topological polar surface area (TPSA) is 69.2 Å². The van der Waals surface area contributed by atoms with Crippen molar-refractivity contribution in [2.24, 2.45) is 0 Å². The summed E-state index contributed by atoms with van der Waals surface area (Å²) in [5, 5.41) is 0. The fourth-order valence-electron chi connectivity index (χ4n) is 0. The molecule has 0 aliphatic carbocycles. The molecule has 0 fully saturated rings. The molecule has 0 saturated carbocycles. The third-order valence-electron chi connectivity index (χ3n) is 0. The van der Waals surface area contributed by atoms with E-state index in [1.165, 1.54) is 0 Å². The van der Waals surface area contributed by atoms with E-state index in [9.17, 15) is 0 Å². The Kier molecular flexibility index (Phi) is 5.93. The third-order valence-corrected chi connectivity index (χ3v) is 0. The predicted octanol–water partition coefficient (Wildman–Crippen LogP) is -3.09. The molecule has 0 aliphatic heterocycles. The van der Waals surface area contributed by atoms with Gasteiger partial charge < -0.3 is 21.4 Å².